The van der Waals surface area contributed by atoms with Crippen LogP contribution in [-0.4, -0.2) is 47.6 Å². The molecule has 0 saturated carbocycles. The first-order chi connectivity index (χ1) is 19.0. The SMILES string of the molecule is CCCCc1nc2cc(C=O)c(C)nc2n1Cc1ccc(-c2ccccc2-c2nnnn2C(C)OCC)cc1. The summed E-state index contributed by atoms with van der Waals surface area (Å²) in [6.07, 6.45) is 3.56. The number of fused-ring (bicyclic) bond motifs is 1. The molecule has 0 saturated heterocycles. The lowest BCUT2D eigenvalue weighted by Gasteiger charge is -2.15. The summed E-state index contributed by atoms with van der Waals surface area (Å²) in [5.74, 6) is 1.66. The molecule has 0 aliphatic carbocycles. The molecule has 0 spiro atoms. The van der Waals surface area contributed by atoms with E-state index in [4.69, 9.17) is 14.7 Å². The number of rotatable bonds is 11. The molecule has 0 N–H and O–H groups in total. The van der Waals surface area contributed by atoms with Crippen molar-refractivity contribution < 1.29 is 9.53 Å². The molecule has 0 radical (unpaired) electrons. The van der Waals surface area contributed by atoms with E-state index in [1.165, 1.54) is 0 Å². The highest BCUT2D eigenvalue weighted by molar-refractivity contribution is 5.84. The Bertz CT molecular complexity index is 1590. The Balaban J connectivity index is 1.48. The highest BCUT2D eigenvalue weighted by Crippen LogP contribution is 2.32. The zero-order chi connectivity index (χ0) is 27.4. The molecular formula is C30H33N7O2. The van der Waals surface area contributed by atoms with Crippen LogP contribution >= 0.6 is 0 Å². The van der Waals surface area contributed by atoms with Gasteiger partial charge >= 0.3 is 0 Å². The molecule has 3 aromatic heterocycles. The Morgan fingerprint density at radius 1 is 1.03 bits per heavy atom. The number of hydrogen-bond acceptors (Lipinski definition) is 7. The van der Waals surface area contributed by atoms with Crippen LogP contribution in [0.5, 0.6) is 0 Å². The van der Waals surface area contributed by atoms with Gasteiger partial charge in [0.05, 0.1) is 12.2 Å². The van der Waals surface area contributed by atoms with Crippen LogP contribution in [0.1, 0.15) is 67.3 Å². The first kappa shape index (κ1) is 26.4. The lowest BCUT2D eigenvalue weighted by Crippen LogP contribution is -2.12. The summed E-state index contributed by atoms with van der Waals surface area (Å²) in [7, 11) is 0. The molecule has 0 aliphatic rings. The van der Waals surface area contributed by atoms with E-state index >= 15 is 0 Å². The number of hydrogen-bond donors (Lipinski definition) is 0. The smallest absolute Gasteiger partial charge is 0.185 e. The molecule has 9 nitrogen and oxygen atoms in total. The van der Waals surface area contributed by atoms with Crippen molar-refractivity contribution in [3.05, 3.63) is 77.2 Å². The normalized spacial score (nSPS) is 12.2. The van der Waals surface area contributed by atoms with Gasteiger partial charge in [-0.1, -0.05) is 61.9 Å². The van der Waals surface area contributed by atoms with Crippen LogP contribution in [0.15, 0.2) is 54.6 Å². The first-order valence-electron chi connectivity index (χ1n) is 13.4. The van der Waals surface area contributed by atoms with Crippen molar-refractivity contribution in [1.29, 1.82) is 0 Å². The number of imidazole rings is 1. The quantitative estimate of drug-likeness (QED) is 0.201. The van der Waals surface area contributed by atoms with Gasteiger partial charge in [0, 0.05) is 24.2 Å². The third kappa shape index (κ3) is 5.35. The summed E-state index contributed by atoms with van der Waals surface area (Å²) in [4.78, 5) is 21.1. The van der Waals surface area contributed by atoms with Crippen molar-refractivity contribution in [3.63, 3.8) is 0 Å². The number of carbonyl (C=O) groups excluding carboxylic acids is 1. The number of aromatic nitrogens is 7. The second kappa shape index (κ2) is 11.7. The molecule has 1 unspecified atom stereocenters. The minimum absolute atomic E-state index is 0.276. The summed E-state index contributed by atoms with van der Waals surface area (Å²) in [6.45, 7) is 9.15. The second-order valence-corrected chi connectivity index (χ2v) is 9.59. The molecule has 5 rings (SSSR count). The summed E-state index contributed by atoms with van der Waals surface area (Å²) in [6, 6.07) is 18.5. The van der Waals surface area contributed by atoms with E-state index in [1.807, 2.05) is 45.0 Å². The predicted octanol–water partition coefficient (Wildman–Crippen LogP) is 5.82. The number of ether oxygens (including phenoxy) is 1. The highest BCUT2D eigenvalue weighted by atomic mass is 16.5. The van der Waals surface area contributed by atoms with Crippen molar-refractivity contribution in [1.82, 2.24) is 34.7 Å². The van der Waals surface area contributed by atoms with Crippen molar-refractivity contribution in [3.8, 4) is 22.5 Å². The molecule has 0 aliphatic heterocycles. The zero-order valence-electron chi connectivity index (χ0n) is 22.8. The fourth-order valence-electron chi connectivity index (χ4n) is 4.84. The Hall–Kier alpha value is -4.24. The van der Waals surface area contributed by atoms with Gasteiger partial charge in [-0.3, -0.25) is 4.79 Å². The highest BCUT2D eigenvalue weighted by Gasteiger charge is 2.19. The maximum Gasteiger partial charge on any atom is 0.185 e. The molecule has 0 amide bonds. The Morgan fingerprint density at radius 3 is 2.51 bits per heavy atom. The van der Waals surface area contributed by atoms with Crippen molar-refractivity contribution in [2.24, 2.45) is 0 Å². The number of carbonyl (C=O) groups is 1. The number of aryl methyl sites for hydroxylation is 2. The standard InChI is InChI=1S/C30H33N7O2/c1-5-7-12-28-32-27-17-24(19-38)20(3)31-30(27)36(28)18-22-13-15-23(16-14-22)25-10-8-9-11-26(25)29-33-34-35-37(29)21(4)39-6-2/h8-11,13-17,19,21H,5-7,12,18H2,1-4H3. The summed E-state index contributed by atoms with van der Waals surface area (Å²) in [5.41, 5.74) is 7.06. The number of unbranched alkanes of at least 4 members (excludes halogenated alkanes) is 1. The zero-order valence-corrected chi connectivity index (χ0v) is 22.8. The van der Waals surface area contributed by atoms with Gasteiger partial charge in [-0.05, 0) is 60.4 Å². The fraction of sp³-hybridized carbons (Fsp3) is 0.333. The average molecular weight is 524 g/mol. The van der Waals surface area contributed by atoms with E-state index < -0.39 is 0 Å². The number of pyridine rings is 1. The van der Waals surface area contributed by atoms with E-state index in [9.17, 15) is 4.79 Å². The summed E-state index contributed by atoms with van der Waals surface area (Å²) < 4.78 is 9.63. The van der Waals surface area contributed by atoms with Crippen LogP contribution in [0.4, 0.5) is 0 Å². The number of benzene rings is 2. The van der Waals surface area contributed by atoms with Gasteiger partial charge in [-0.25, -0.2) is 9.97 Å². The van der Waals surface area contributed by atoms with Crippen LogP contribution in [0.3, 0.4) is 0 Å². The van der Waals surface area contributed by atoms with Gasteiger partial charge in [-0.15, -0.1) is 5.10 Å². The molecule has 39 heavy (non-hydrogen) atoms. The molecule has 1 atom stereocenters. The summed E-state index contributed by atoms with van der Waals surface area (Å²) >= 11 is 0. The van der Waals surface area contributed by atoms with E-state index in [0.29, 0.717) is 30.2 Å². The van der Waals surface area contributed by atoms with Crippen LogP contribution < -0.4 is 0 Å². The molecule has 200 valence electrons. The van der Waals surface area contributed by atoms with Crippen molar-refractivity contribution in [2.45, 2.75) is 59.7 Å². The van der Waals surface area contributed by atoms with Gasteiger partial charge in [0.15, 0.2) is 24.0 Å². The number of tetrazole rings is 1. The summed E-state index contributed by atoms with van der Waals surface area (Å²) in [5, 5.41) is 12.4. The minimum Gasteiger partial charge on any atom is -0.357 e. The molecule has 0 fully saturated rings. The van der Waals surface area contributed by atoms with Crippen LogP contribution in [0.25, 0.3) is 33.7 Å². The minimum atomic E-state index is -0.276. The van der Waals surface area contributed by atoms with Crippen LogP contribution in [0.2, 0.25) is 0 Å². The number of nitrogens with zero attached hydrogens (tertiary/aromatic N) is 7. The molecular weight excluding hydrogens is 490 g/mol. The third-order valence-corrected chi connectivity index (χ3v) is 6.93. The van der Waals surface area contributed by atoms with E-state index in [-0.39, 0.29) is 6.23 Å². The van der Waals surface area contributed by atoms with Gasteiger partial charge in [0.1, 0.15) is 11.3 Å². The molecule has 5 aromatic rings. The van der Waals surface area contributed by atoms with Crippen LogP contribution in [0, 0.1) is 6.92 Å². The van der Waals surface area contributed by atoms with Gasteiger partial charge < -0.3 is 9.30 Å². The van der Waals surface area contributed by atoms with E-state index in [1.54, 1.807) is 4.68 Å². The van der Waals surface area contributed by atoms with Gasteiger partial charge in [-0.2, -0.15) is 4.68 Å². The van der Waals surface area contributed by atoms with Crippen LogP contribution in [-0.2, 0) is 17.7 Å². The lowest BCUT2D eigenvalue weighted by atomic mass is 9.98. The number of aldehydes is 1. The maximum absolute atomic E-state index is 11.5. The second-order valence-electron chi connectivity index (χ2n) is 9.59. The monoisotopic (exact) mass is 523 g/mol. The fourth-order valence-corrected chi connectivity index (χ4v) is 4.84. The van der Waals surface area contributed by atoms with E-state index in [0.717, 1.165) is 64.8 Å². The average Bonchev–Trinajstić information content (AvgIpc) is 3.57. The maximum atomic E-state index is 11.5. The Labute approximate surface area is 227 Å². The molecule has 2 aromatic carbocycles. The van der Waals surface area contributed by atoms with Gasteiger partial charge in [0.2, 0.25) is 0 Å². The molecule has 0 bridgehead atoms. The largest absolute Gasteiger partial charge is 0.357 e. The topological polar surface area (TPSA) is 101 Å². The van der Waals surface area contributed by atoms with Gasteiger partial charge in [0.25, 0.3) is 0 Å². The lowest BCUT2D eigenvalue weighted by molar-refractivity contribution is 0.0159. The van der Waals surface area contributed by atoms with E-state index in [2.05, 4.69) is 57.3 Å². The molecule has 3 heterocycles. The van der Waals surface area contributed by atoms with Crippen molar-refractivity contribution >= 4 is 17.5 Å². The van der Waals surface area contributed by atoms with Crippen molar-refractivity contribution in [2.75, 3.05) is 6.61 Å². The Morgan fingerprint density at radius 2 is 1.79 bits per heavy atom. The third-order valence-electron chi connectivity index (χ3n) is 6.93. The first-order valence-corrected chi connectivity index (χ1v) is 13.4. The Kier molecular flexibility index (Phi) is 7.88. The molecule has 9 heteroatoms. The predicted molar refractivity (Wildman–Crippen MR) is 150 cm³/mol.